The minimum atomic E-state index is -4.81. The van der Waals surface area contributed by atoms with Gasteiger partial charge in [0.15, 0.2) is 6.10 Å². The van der Waals surface area contributed by atoms with E-state index in [-0.39, 0.29) is 12.8 Å². The van der Waals surface area contributed by atoms with E-state index in [2.05, 4.69) is 79.1 Å². The molecular formula is C43H71O9P. The molecule has 0 unspecified atom stereocenters. The maximum Gasteiger partial charge on any atom is 0.469 e. The molecule has 0 rings (SSSR count). The van der Waals surface area contributed by atoms with Gasteiger partial charge in [-0.25, -0.2) is 4.57 Å². The molecule has 0 aromatic carbocycles. The molecule has 0 radical (unpaired) electrons. The highest BCUT2D eigenvalue weighted by Gasteiger charge is 2.23. The van der Waals surface area contributed by atoms with Crippen LogP contribution in [0.5, 0.6) is 0 Å². The Balaban J connectivity index is 4.21. The average molecular weight is 763 g/mol. The molecule has 0 aromatic heterocycles. The van der Waals surface area contributed by atoms with Crippen molar-refractivity contribution in [1.82, 2.24) is 0 Å². The van der Waals surface area contributed by atoms with Crippen LogP contribution in [0.3, 0.4) is 0 Å². The van der Waals surface area contributed by atoms with E-state index in [0.29, 0.717) is 19.3 Å². The Hall–Kier alpha value is -2.81. The zero-order valence-electron chi connectivity index (χ0n) is 32.7. The molecule has 302 valence electrons. The van der Waals surface area contributed by atoms with Crippen molar-refractivity contribution in [3.8, 4) is 0 Å². The smallest absolute Gasteiger partial charge is 0.462 e. The number of hydrogen-bond acceptors (Lipinski definition) is 7. The van der Waals surface area contributed by atoms with Crippen molar-refractivity contribution >= 4 is 19.8 Å². The summed E-state index contributed by atoms with van der Waals surface area (Å²) in [5, 5.41) is 10.2. The van der Waals surface area contributed by atoms with Crippen molar-refractivity contribution in [3.05, 3.63) is 85.1 Å². The van der Waals surface area contributed by atoms with Crippen LogP contribution in [0.25, 0.3) is 0 Å². The van der Waals surface area contributed by atoms with E-state index >= 15 is 0 Å². The Kier molecular flexibility index (Phi) is 35.5. The van der Waals surface area contributed by atoms with Crippen molar-refractivity contribution in [3.63, 3.8) is 0 Å². The maximum absolute atomic E-state index is 12.4. The molecule has 0 bridgehead atoms. The van der Waals surface area contributed by atoms with Gasteiger partial charge in [0.25, 0.3) is 0 Å². The van der Waals surface area contributed by atoms with Gasteiger partial charge in [-0.2, -0.15) is 0 Å². The summed E-state index contributed by atoms with van der Waals surface area (Å²) in [5.41, 5.74) is 0. The molecule has 0 spiro atoms. The number of carbonyl (C=O) groups is 2. The predicted octanol–water partition coefficient (Wildman–Crippen LogP) is 11.0. The van der Waals surface area contributed by atoms with Gasteiger partial charge in [0.2, 0.25) is 0 Å². The molecule has 0 amide bonds. The number of phosphoric ester groups is 1. The first kappa shape index (κ1) is 50.2. The van der Waals surface area contributed by atoms with Gasteiger partial charge in [0.1, 0.15) is 6.61 Å². The molecule has 0 fully saturated rings. The molecule has 0 aromatic rings. The van der Waals surface area contributed by atoms with Gasteiger partial charge in [-0.3, -0.25) is 14.1 Å². The highest BCUT2D eigenvalue weighted by Crippen LogP contribution is 2.36. The van der Waals surface area contributed by atoms with Crippen LogP contribution in [0.1, 0.15) is 149 Å². The number of phosphoric acid groups is 1. The van der Waals surface area contributed by atoms with Gasteiger partial charge < -0.3 is 24.4 Å². The van der Waals surface area contributed by atoms with E-state index in [0.717, 1.165) is 64.2 Å². The lowest BCUT2D eigenvalue weighted by molar-refractivity contribution is -0.161. The number of ether oxygens (including phenoxy) is 2. The molecule has 0 aliphatic carbocycles. The second kappa shape index (κ2) is 37.5. The molecule has 0 aliphatic rings. The van der Waals surface area contributed by atoms with E-state index in [1.807, 2.05) is 12.2 Å². The number of esters is 2. The first-order valence-electron chi connectivity index (χ1n) is 20.0. The van der Waals surface area contributed by atoms with Gasteiger partial charge in [-0.15, -0.1) is 0 Å². The number of carbonyl (C=O) groups excluding carboxylic acids is 2. The van der Waals surface area contributed by atoms with E-state index in [9.17, 15) is 19.3 Å². The molecule has 53 heavy (non-hydrogen) atoms. The summed E-state index contributed by atoms with van der Waals surface area (Å²) >= 11 is 0. The lowest BCUT2D eigenvalue weighted by atomic mass is 10.1. The summed E-state index contributed by atoms with van der Waals surface area (Å²) in [6.07, 6.45) is 46.1. The third kappa shape index (κ3) is 40.2. The van der Waals surface area contributed by atoms with E-state index < -0.39 is 45.2 Å². The van der Waals surface area contributed by atoms with Crippen molar-refractivity contribution in [1.29, 1.82) is 0 Å². The third-order valence-electron chi connectivity index (χ3n) is 7.99. The quantitative estimate of drug-likeness (QED) is 0.0189. The third-order valence-corrected chi connectivity index (χ3v) is 8.48. The molecule has 9 nitrogen and oxygen atoms in total. The van der Waals surface area contributed by atoms with Crippen LogP contribution >= 0.6 is 7.82 Å². The van der Waals surface area contributed by atoms with Crippen LogP contribution in [0.2, 0.25) is 0 Å². The van der Waals surface area contributed by atoms with Crippen LogP contribution in [0.4, 0.5) is 0 Å². The van der Waals surface area contributed by atoms with Gasteiger partial charge >= 0.3 is 19.8 Å². The highest BCUT2D eigenvalue weighted by molar-refractivity contribution is 7.46. The van der Waals surface area contributed by atoms with Crippen molar-refractivity contribution in [2.45, 2.75) is 161 Å². The van der Waals surface area contributed by atoms with Gasteiger partial charge in [0, 0.05) is 12.8 Å². The van der Waals surface area contributed by atoms with Crippen LogP contribution in [-0.4, -0.2) is 52.3 Å². The number of aliphatic hydroxyl groups excluding tert-OH is 1. The fourth-order valence-corrected chi connectivity index (χ4v) is 5.31. The minimum absolute atomic E-state index is 0.0291. The van der Waals surface area contributed by atoms with Crippen LogP contribution in [0.15, 0.2) is 85.1 Å². The summed E-state index contributed by atoms with van der Waals surface area (Å²) < 4.78 is 26.2. The summed E-state index contributed by atoms with van der Waals surface area (Å²) in [6.45, 7) is 3.42. The van der Waals surface area contributed by atoms with E-state index in [1.54, 1.807) is 12.2 Å². The Labute approximate surface area is 321 Å². The summed E-state index contributed by atoms with van der Waals surface area (Å²) in [6, 6.07) is 0. The minimum Gasteiger partial charge on any atom is -0.462 e. The standard InChI is InChI=1S/C43H71O9P/c1-3-5-7-9-11-13-15-17-18-19-20-22-24-26-28-30-32-36-43(46)52-41(39-51-53(47,48)49)38-50-42(45)37-33-35-40(44)34-31-29-27-25-23-21-16-14-12-10-8-6-4-2/h11-14,17-18,20-23,27,29,31,34,40-41,44H,3-10,15-16,19,24-26,28,30,32-33,35-39H2,1-2H3,(H2,47,48,49)/b13-11-,14-12-,18-17-,22-20-,23-21-,29-27-,34-31+/t40-,41-/m1/s1. The number of allylic oxidation sites excluding steroid dienone is 13. The second-order valence-corrected chi connectivity index (χ2v) is 14.3. The van der Waals surface area contributed by atoms with Crippen molar-refractivity contribution < 1.29 is 43.0 Å². The van der Waals surface area contributed by atoms with Crippen molar-refractivity contribution in [2.75, 3.05) is 13.2 Å². The SMILES string of the molecule is CCCCC/C=C\C/C=C\C/C=C\C=C\[C@@H](O)CCCC(=O)OC[C@H](COP(=O)(O)O)OC(=O)CCCCCC/C=C\C/C=C\C/C=C\CCCCC. The van der Waals surface area contributed by atoms with Gasteiger partial charge in [0.05, 0.1) is 12.7 Å². The van der Waals surface area contributed by atoms with Crippen LogP contribution in [-0.2, 0) is 28.2 Å². The van der Waals surface area contributed by atoms with Crippen LogP contribution < -0.4 is 0 Å². The molecule has 0 aliphatic heterocycles. The predicted molar refractivity (Wildman–Crippen MR) is 217 cm³/mol. The zero-order valence-corrected chi connectivity index (χ0v) is 33.6. The summed E-state index contributed by atoms with van der Waals surface area (Å²) in [5.74, 6) is -1.12. The molecule has 0 saturated carbocycles. The Morgan fingerprint density at radius 3 is 1.62 bits per heavy atom. The number of hydrogen-bond donors (Lipinski definition) is 3. The Morgan fingerprint density at radius 2 is 1.08 bits per heavy atom. The normalized spacial score (nSPS) is 14.0. The first-order valence-corrected chi connectivity index (χ1v) is 21.5. The fraction of sp³-hybridized carbons (Fsp3) is 0.628. The van der Waals surface area contributed by atoms with Gasteiger partial charge in [-0.1, -0.05) is 137 Å². The molecule has 3 N–H and O–H groups in total. The average Bonchev–Trinajstić information content (AvgIpc) is 3.12. The number of rotatable bonds is 35. The largest absolute Gasteiger partial charge is 0.469 e. The Bertz CT molecular complexity index is 1150. The molecule has 0 saturated heterocycles. The topological polar surface area (TPSA) is 140 Å². The monoisotopic (exact) mass is 762 g/mol. The molecule has 10 heteroatoms. The van der Waals surface area contributed by atoms with Gasteiger partial charge in [-0.05, 0) is 83.5 Å². The number of aliphatic hydroxyl groups is 1. The van der Waals surface area contributed by atoms with E-state index in [1.165, 1.54) is 38.5 Å². The highest BCUT2D eigenvalue weighted by atomic mass is 31.2. The molecule has 0 heterocycles. The Morgan fingerprint density at radius 1 is 0.585 bits per heavy atom. The van der Waals surface area contributed by atoms with E-state index in [4.69, 9.17) is 19.3 Å². The van der Waals surface area contributed by atoms with Crippen molar-refractivity contribution in [2.24, 2.45) is 0 Å². The number of unbranched alkanes of at least 4 members (excludes halogenated alkanes) is 10. The zero-order chi connectivity index (χ0) is 39.1. The lowest BCUT2D eigenvalue weighted by Gasteiger charge is -2.18. The van der Waals surface area contributed by atoms with Crippen LogP contribution in [0, 0.1) is 0 Å². The molecule has 2 atom stereocenters. The fourth-order valence-electron chi connectivity index (χ4n) is 4.95. The molecular weight excluding hydrogens is 691 g/mol. The summed E-state index contributed by atoms with van der Waals surface area (Å²) in [7, 11) is -4.81. The summed E-state index contributed by atoms with van der Waals surface area (Å²) in [4.78, 5) is 42.8. The first-order chi connectivity index (χ1) is 25.7. The lowest BCUT2D eigenvalue weighted by Crippen LogP contribution is -2.29. The maximum atomic E-state index is 12.4. The second-order valence-electron chi connectivity index (χ2n) is 13.1.